The third-order valence-corrected chi connectivity index (χ3v) is 2.54. The normalized spacial score (nSPS) is 10.4. The summed E-state index contributed by atoms with van der Waals surface area (Å²) in [6, 6.07) is 7.38. The van der Waals surface area contributed by atoms with Gasteiger partial charge in [-0.25, -0.2) is 0 Å². The first kappa shape index (κ1) is 13.2. The van der Waals surface area contributed by atoms with Gasteiger partial charge in [-0.3, -0.25) is 4.79 Å². The molecule has 2 rings (SSSR count). The number of nitrogens with one attached hydrogen (secondary N) is 2. The SMILES string of the molecule is CCNCC(=O)Nc1cccc(-n2nnnc2C)c1. The Bertz CT molecular complexity index is 565. The molecule has 2 aromatic rings. The van der Waals surface area contributed by atoms with Crippen LogP contribution in [0.4, 0.5) is 5.69 Å². The second-order valence-electron chi connectivity index (χ2n) is 4.02. The number of rotatable bonds is 5. The van der Waals surface area contributed by atoms with Crippen LogP contribution < -0.4 is 10.6 Å². The summed E-state index contributed by atoms with van der Waals surface area (Å²) in [6.07, 6.45) is 0. The summed E-state index contributed by atoms with van der Waals surface area (Å²) in [5.41, 5.74) is 1.53. The molecule has 0 unspecified atom stereocenters. The Morgan fingerprint density at radius 1 is 1.42 bits per heavy atom. The zero-order valence-corrected chi connectivity index (χ0v) is 10.9. The number of aryl methyl sites for hydroxylation is 1. The van der Waals surface area contributed by atoms with Crippen LogP contribution in [0.15, 0.2) is 24.3 Å². The standard InChI is InChI=1S/C12H16N6O/c1-3-13-8-12(19)14-10-5-4-6-11(7-10)18-9(2)15-16-17-18/h4-7,13H,3,8H2,1-2H3,(H,14,19). The molecular weight excluding hydrogens is 244 g/mol. The lowest BCUT2D eigenvalue weighted by molar-refractivity contribution is -0.115. The highest BCUT2D eigenvalue weighted by molar-refractivity contribution is 5.92. The lowest BCUT2D eigenvalue weighted by atomic mass is 10.2. The molecule has 0 atom stereocenters. The molecule has 7 nitrogen and oxygen atoms in total. The largest absolute Gasteiger partial charge is 0.325 e. The van der Waals surface area contributed by atoms with Crippen LogP contribution in [0.1, 0.15) is 12.7 Å². The van der Waals surface area contributed by atoms with E-state index < -0.39 is 0 Å². The van der Waals surface area contributed by atoms with Crippen molar-refractivity contribution in [3.8, 4) is 5.69 Å². The van der Waals surface area contributed by atoms with Gasteiger partial charge in [-0.05, 0) is 42.1 Å². The summed E-state index contributed by atoms with van der Waals surface area (Å²) >= 11 is 0. The molecule has 2 N–H and O–H groups in total. The Labute approximate surface area is 111 Å². The molecule has 0 saturated heterocycles. The van der Waals surface area contributed by atoms with E-state index in [1.807, 2.05) is 38.1 Å². The minimum Gasteiger partial charge on any atom is -0.325 e. The van der Waals surface area contributed by atoms with Crippen LogP contribution in [0.3, 0.4) is 0 Å². The van der Waals surface area contributed by atoms with Crippen molar-refractivity contribution in [2.24, 2.45) is 0 Å². The number of hydrogen-bond acceptors (Lipinski definition) is 5. The number of aromatic nitrogens is 4. The molecule has 0 spiro atoms. The molecule has 0 aliphatic rings. The van der Waals surface area contributed by atoms with E-state index in [0.717, 1.165) is 17.9 Å². The summed E-state index contributed by atoms with van der Waals surface area (Å²) in [5, 5.41) is 17.1. The van der Waals surface area contributed by atoms with Crippen molar-refractivity contribution in [3.63, 3.8) is 0 Å². The highest BCUT2D eigenvalue weighted by Crippen LogP contribution is 2.14. The van der Waals surface area contributed by atoms with Crippen LogP contribution in [-0.4, -0.2) is 39.2 Å². The third-order valence-electron chi connectivity index (χ3n) is 2.54. The van der Waals surface area contributed by atoms with Gasteiger partial charge in [0.15, 0.2) is 5.82 Å². The Morgan fingerprint density at radius 3 is 2.95 bits per heavy atom. The summed E-state index contributed by atoms with van der Waals surface area (Å²) in [6.45, 7) is 4.83. The van der Waals surface area contributed by atoms with Gasteiger partial charge in [-0.2, -0.15) is 4.68 Å². The molecule has 19 heavy (non-hydrogen) atoms. The zero-order chi connectivity index (χ0) is 13.7. The smallest absolute Gasteiger partial charge is 0.238 e. The second-order valence-corrected chi connectivity index (χ2v) is 4.02. The average Bonchev–Trinajstić information content (AvgIpc) is 2.83. The molecule has 0 fully saturated rings. The number of nitrogens with zero attached hydrogens (tertiary/aromatic N) is 4. The summed E-state index contributed by atoms with van der Waals surface area (Å²) < 4.78 is 1.61. The van der Waals surface area contributed by atoms with Crippen molar-refractivity contribution < 1.29 is 4.79 Å². The number of carbonyl (C=O) groups is 1. The second kappa shape index (κ2) is 6.05. The predicted molar refractivity (Wildman–Crippen MR) is 71.1 cm³/mol. The van der Waals surface area contributed by atoms with Crippen LogP contribution in [0.5, 0.6) is 0 Å². The first-order chi connectivity index (χ1) is 9.20. The quantitative estimate of drug-likeness (QED) is 0.818. The molecule has 1 heterocycles. The first-order valence-corrected chi connectivity index (χ1v) is 6.06. The Morgan fingerprint density at radius 2 is 2.26 bits per heavy atom. The maximum absolute atomic E-state index is 11.6. The molecule has 0 aliphatic carbocycles. The van der Waals surface area contributed by atoms with Crippen molar-refractivity contribution in [1.29, 1.82) is 0 Å². The third kappa shape index (κ3) is 3.35. The average molecular weight is 260 g/mol. The van der Waals surface area contributed by atoms with Gasteiger partial charge in [0.2, 0.25) is 5.91 Å². The molecule has 0 aliphatic heterocycles. The monoisotopic (exact) mass is 260 g/mol. The minimum absolute atomic E-state index is 0.0764. The summed E-state index contributed by atoms with van der Waals surface area (Å²) in [7, 11) is 0. The van der Waals surface area contributed by atoms with Gasteiger partial charge in [0.1, 0.15) is 0 Å². The van der Waals surface area contributed by atoms with Crippen LogP contribution in [-0.2, 0) is 4.79 Å². The van der Waals surface area contributed by atoms with Crippen LogP contribution >= 0.6 is 0 Å². The van der Waals surface area contributed by atoms with Crippen molar-refractivity contribution in [2.45, 2.75) is 13.8 Å². The maximum Gasteiger partial charge on any atom is 0.238 e. The molecule has 7 heteroatoms. The molecule has 0 saturated carbocycles. The molecular formula is C12H16N6O. The van der Waals surface area contributed by atoms with Crippen LogP contribution in [0.25, 0.3) is 5.69 Å². The van der Waals surface area contributed by atoms with Crippen LogP contribution in [0.2, 0.25) is 0 Å². The fourth-order valence-corrected chi connectivity index (χ4v) is 1.63. The number of hydrogen-bond donors (Lipinski definition) is 2. The lowest BCUT2D eigenvalue weighted by Gasteiger charge is -2.07. The van der Waals surface area contributed by atoms with Crippen molar-refractivity contribution in [1.82, 2.24) is 25.5 Å². The first-order valence-electron chi connectivity index (χ1n) is 6.06. The number of tetrazole rings is 1. The van der Waals surface area contributed by atoms with E-state index in [2.05, 4.69) is 26.2 Å². The highest BCUT2D eigenvalue weighted by atomic mass is 16.1. The van der Waals surface area contributed by atoms with E-state index in [9.17, 15) is 4.79 Å². The number of amides is 1. The fourth-order valence-electron chi connectivity index (χ4n) is 1.63. The number of likely N-dealkylation sites (N-methyl/N-ethyl adjacent to an activating group) is 1. The Balaban J connectivity index is 2.12. The van der Waals surface area contributed by atoms with Gasteiger partial charge < -0.3 is 10.6 Å². The summed E-state index contributed by atoms with van der Waals surface area (Å²) in [4.78, 5) is 11.6. The van der Waals surface area contributed by atoms with Gasteiger partial charge >= 0.3 is 0 Å². The van der Waals surface area contributed by atoms with Gasteiger partial charge in [0.05, 0.1) is 12.2 Å². The maximum atomic E-state index is 11.6. The Kier molecular flexibility index (Phi) is 4.19. The van der Waals surface area contributed by atoms with Gasteiger partial charge in [-0.15, -0.1) is 5.10 Å². The molecule has 1 aromatic heterocycles. The van der Waals surface area contributed by atoms with Gasteiger partial charge in [0, 0.05) is 5.69 Å². The van der Waals surface area contributed by atoms with E-state index in [0.29, 0.717) is 12.4 Å². The van der Waals surface area contributed by atoms with Gasteiger partial charge in [0.25, 0.3) is 0 Å². The number of benzene rings is 1. The van der Waals surface area contributed by atoms with Crippen molar-refractivity contribution in [3.05, 3.63) is 30.1 Å². The zero-order valence-electron chi connectivity index (χ0n) is 10.9. The fraction of sp³-hybridized carbons (Fsp3) is 0.333. The number of carbonyl (C=O) groups excluding carboxylic acids is 1. The van der Waals surface area contributed by atoms with Gasteiger partial charge in [-0.1, -0.05) is 13.0 Å². The summed E-state index contributed by atoms with van der Waals surface area (Å²) in [5.74, 6) is 0.614. The van der Waals surface area contributed by atoms with E-state index in [1.165, 1.54) is 0 Å². The molecule has 0 bridgehead atoms. The van der Waals surface area contributed by atoms with E-state index >= 15 is 0 Å². The highest BCUT2D eigenvalue weighted by Gasteiger charge is 2.06. The van der Waals surface area contributed by atoms with E-state index in [1.54, 1.807) is 4.68 Å². The van der Waals surface area contributed by atoms with E-state index in [-0.39, 0.29) is 5.91 Å². The number of anilines is 1. The molecule has 1 amide bonds. The predicted octanol–water partition coefficient (Wildman–Crippen LogP) is 0.519. The molecule has 1 aromatic carbocycles. The van der Waals surface area contributed by atoms with E-state index in [4.69, 9.17) is 0 Å². The minimum atomic E-state index is -0.0764. The molecule has 100 valence electrons. The Hall–Kier alpha value is -2.28. The topological polar surface area (TPSA) is 84.7 Å². The van der Waals surface area contributed by atoms with Crippen LogP contribution in [0, 0.1) is 6.92 Å². The lowest BCUT2D eigenvalue weighted by Crippen LogP contribution is -2.27. The molecule has 0 radical (unpaired) electrons. The van der Waals surface area contributed by atoms with Crippen molar-refractivity contribution >= 4 is 11.6 Å². The van der Waals surface area contributed by atoms with Crippen molar-refractivity contribution in [2.75, 3.05) is 18.4 Å².